The van der Waals surface area contributed by atoms with Crippen molar-refractivity contribution in [3.63, 3.8) is 0 Å². The second kappa shape index (κ2) is 25.2. The number of carbonyl (C=O) groups excluding carboxylic acids is 8. The molecule has 0 saturated heterocycles. The van der Waals surface area contributed by atoms with Crippen LogP contribution in [0.25, 0.3) is 0 Å². The minimum Gasteiger partial charge on any atom is -0.292 e. The second-order valence-electron chi connectivity index (χ2n) is 31.2. The summed E-state index contributed by atoms with van der Waals surface area (Å²) in [5.74, 6) is 7.54. The van der Waals surface area contributed by atoms with Crippen LogP contribution in [0.5, 0.6) is 0 Å². The highest BCUT2D eigenvalue weighted by Gasteiger charge is 2.61. The van der Waals surface area contributed by atoms with Crippen molar-refractivity contribution in [2.45, 2.75) is 177 Å². The van der Waals surface area contributed by atoms with Crippen LogP contribution in [0.4, 0.5) is 0 Å². The molecule has 4 heterocycles. The molecule has 0 N–H and O–H groups in total. The lowest BCUT2D eigenvalue weighted by Crippen LogP contribution is -2.45. The van der Waals surface area contributed by atoms with Gasteiger partial charge < -0.3 is 0 Å². The minimum atomic E-state index is -0.517. The molecule has 16 heteroatoms. The molecule has 0 spiro atoms. The van der Waals surface area contributed by atoms with Crippen molar-refractivity contribution in [2.24, 2.45) is 113 Å². The molecule has 15 aliphatic rings. The second-order valence-corrected chi connectivity index (χ2v) is 31.2. The fourth-order valence-electron chi connectivity index (χ4n) is 20.5. The largest absolute Gasteiger partial charge is 0.292 e. The van der Waals surface area contributed by atoms with Gasteiger partial charge in [0.2, 0.25) is 0 Å². The smallest absolute Gasteiger partial charge is 0.255 e. The molecule has 4 aliphatic heterocycles. The molecule has 16 nitrogen and oxygen atoms in total. The molecule has 0 aromatic heterocycles. The van der Waals surface area contributed by atoms with Gasteiger partial charge in [0, 0.05) is 22.3 Å². The summed E-state index contributed by atoms with van der Waals surface area (Å²) in [6.07, 6.45) is 39.1. The lowest BCUT2D eigenvalue weighted by molar-refractivity contribution is -0.141. The van der Waals surface area contributed by atoms with Gasteiger partial charge in [-0.15, -0.1) is 0 Å². The molecule has 93 heavy (non-hydrogen) atoms. The molecule has 0 radical (unpaired) electrons. The maximum absolute atomic E-state index is 13.1. The zero-order valence-electron chi connectivity index (χ0n) is 56.1. The van der Waals surface area contributed by atoms with E-state index in [1.807, 2.05) is 108 Å². The maximum Gasteiger partial charge on any atom is 0.255 e. The van der Waals surface area contributed by atoms with E-state index in [0.717, 1.165) is 88.9 Å². The van der Waals surface area contributed by atoms with E-state index in [1.54, 1.807) is 12.1 Å². The summed E-state index contributed by atoms with van der Waals surface area (Å²) in [6.45, 7) is 16.3. The van der Waals surface area contributed by atoms with Crippen LogP contribution in [0.2, 0.25) is 0 Å². The number of Topliss-reactive ketones (excluding diaryl/α,β-unsaturated/α-hetero) is 4. The number of hydrogen-bond acceptors (Lipinski definition) is 12. The fraction of sp³-hybridized carbons (Fsp3) is 0.610. The summed E-state index contributed by atoms with van der Waals surface area (Å²) in [4.78, 5) is 102. The van der Waals surface area contributed by atoms with Gasteiger partial charge in [0.15, 0.2) is 23.1 Å². The van der Waals surface area contributed by atoms with E-state index in [2.05, 4.69) is 41.2 Å². The molecule has 11 aliphatic carbocycles. The number of ketones is 4. The van der Waals surface area contributed by atoms with E-state index in [0.29, 0.717) is 72.2 Å². The molecule has 492 valence electrons. The van der Waals surface area contributed by atoms with Crippen LogP contribution in [-0.2, 0) is 33.6 Å². The predicted molar refractivity (Wildman–Crippen MR) is 359 cm³/mol. The van der Waals surface area contributed by atoms with Crippen LogP contribution < -0.4 is 0 Å². The maximum atomic E-state index is 13.1. The van der Waals surface area contributed by atoms with Crippen LogP contribution in [-0.4, -0.2) is 116 Å². The van der Waals surface area contributed by atoms with E-state index in [1.165, 1.54) is 97.1 Å². The van der Waals surface area contributed by atoms with Crippen molar-refractivity contribution in [3.8, 4) is 0 Å². The molecule has 16 atom stereocenters. The average Bonchev–Trinajstić information content (AvgIpc) is 1.61. The molecule has 8 bridgehead atoms. The van der Waals surface area contributed by atoms with Gasteiger partial charge in [-0.25, -0.2) is 20.0 Å². The number of nitrogens with zero attached hydrogens (tertiary/aromatic N) is 8. The molecule has 1 aromatic rings. The van der Waals surface area contributed by atoms with Gasteiger partial charge in [0.1, 0.15) is 26.2 Å². The molecule has 4 amide bonds. The highest BCUT2D eigenvalue weighted by Crippen LogP contribution is 2.60. The Bertz CT molecular complexity index is 3350. The normalized spacial score (nSPS) is 37.5. The predicted octanol–water partition coefficient (Wildman–Crippen LogP) is 12.8. The van der Waals surface area contributed by atoms with Crippen LogP contribution in [0.15, 0.2) is 122 Å². The topological polar surface area (TPSA) is 199 Å². The van der Waals surface area contributed by atoms with Crippen LogP contribution >= 0.6 is 0 Å². The molecular weight excluding hydrogens is 1160 g/mol. The van der Waals surface area contributed by atoms with Crippen molar-refractivity contribution in [1.82, 2.24) is 20.0 Å². The number of fused-ring (bicyclic) bond motifs is 8. The van der Waals surface area contributed by atoms with Gasteiger partial charge in [-0.2, -0.15) is 20.4 Å². The van der Waals surface area contributed by atoms with Gasteiger partial charge in [0.05, 0.1) is 44.5 Å². The quantitative estimate of drug-likeness (QED) is 0.146. The Morgan fingerprint density at radius 3 is 0.849 bits per heavy atom. The molecular formula is C77H96N8O8. The van der Waals surface area contributed by atoms with Crippen molar-refractivity contribution in [1.29, 1.82) is 0 Å². The summed E-state index contributed by atoms with van der Waals surface area (Å²) < 4.78 is 0. The lowest BCUT2D eigenvalue weighted by Gasteiger charge is -2.35. The standard InChI is InChI=1S/C20H24N2O2.3C19H24N2O2/c1-13-20(2,17-11-14-8-9-16(17)10-14)19(24)22(21-13)12-18(23)15-6-4-3-5-7-15;3*1-12-19(2,16-10-13-7-8-15(16)9-13)18(23)21(20-12)11-17(22)14-5-3-4-6-14/h3-7,14,16-17H,8-12H2,1-2H3;3*3-5,13,15-16H,6-11H2,1-2H3/t14-,16+,17+,20+;13?,15?,16?,19-;2*13?,15?,16-,19?/m0110/s1. The highest BCUT2D eigenvalue weighted by molar-refractivity contribution is 6.15. The average molecular weight is 1260 g/mol. The first-order valence-corrected chi connectivity index (χ1v) is 35.2. The molecule has 9 unspecified atom stereocenters. The van der Waals surface area contributed by atoms with E-state index in [9.17, 15) is 38.4 Å². The van der Waals surface area contributed by atoms with Gasteiger partial charge in [-0.3, -0.25) is 38.4 Å². The zero-order valence-corrected chi connectivity index (χ0v) is 56.1. The molecule has 16 rings (SSSR count). The number of benzene rings is 1. The van der Waals surface area contributed by atoms with Gasteiger partial charge in [0.25, 0.3) is 23.6 Å². The Labute approximate surface area is 549 Å². The first-order valence-electron chi connectivity index (χ1n) is 35.2. The summed E-state index contributed by atoms with van der Waals surface area (Å²) in [5, 5.41) is 23.7. The summed E-state index contributed by atoms with van der Waals surface area (Å²) in [7, 11) is 0. The number of rotatable bonds is 16. The Hall–Kier alpha value is -7.10. The number of amides is 4. The number of carbonyl (C=O) groups is 8. The van der Waals surface area contributed by atoms with Gasteiger partial charge in [-0.05, 0) is 223 Å². The summed E-state index contributed by atoms with van der Waals surface area (Å²) >= 11 is 0. The number of hydrazone groups is 4. The monoisotopic (exact) mass is 1260 g/mol. The highest BCUT2D eigenvalue weighted by atomic mass is 16.2. The Morgan fingerprint density at radius 1 is 0.376 bits per heavy atom. The Balaban J connectivity index is 0.000000113. The third kappa shape index (κ3) is 11.4. The van der Waals surface area contributed by atoms with E-state index >= 15 is 0 Å². The Kier molecular flexibility index (Phi) is 17.5. The van der Waals surface area contributed by atoms with Crippen LogP contribution in [0, 0.1) is 92.7 Å². The van der Waals surface area contributed by atoms with Crippen LogP contribution in [0.1, 0.15) is 188 Å². The first kappa shape index (κ1) is 64.6. The first-order chi connectivity index (χ1) is 44.5. The molecule has 8 fully saturated rings. The SMILES string of the molecule is CC1=NN(CC(=O)C2=CC=CC2)C(=O)C1(C)[C@@H]1CC2CCC1C2.CC1=NN(CC(=O)C2=CC=CC2)C(=O)C1(C)[C@H]1CC2CCC1C2.CC1=NN(CC(=O)C2=CC=CC2)C(=O)[C@@]1(C)C1CC2CCC1C2.CC1=NN(CC(=O)c2ccccc2)C(=O)[C@@]1(C)[C@@H]1C[C@H]2CC[C@@H]1C2. The van der Waals surface area contributed by atoms with Crippen molar-refractivity contribution >= 4 is 69.6 Å². The van der Waals surface area contributed by atoms with Gasteiger partial charge in [-0.1, -0.05) is 111 Å². The van der Waals surface area contributed by atoms with Crippen LogP contribution in [0.3, 0.4) is 0 Å². The molecule has 1 aromatic carbocycles. The van der Waals surface area contributed by atoms with Crippen molar-refractivity contribution < 1.29 is 38.4 Å². The fourth-order valence-corrected chi connectivity index (χ4v) is 20.5. The van der Waals surface area contributed by atoms with Crippen molar-refractivity contribution in [3.05, 3.63) is 107 Å². The lowest BCUT2D eigenvalue weighted by atomic mass is 9.66. The third-order valence-corrected chi connectivity index (χ3v) is 26.4. The molecule has 8 saturated carbocycles. The minimum absolute atomic E-state index is 0.0112. The van der Waals surface area contributed by atoms with Gasteiger partial charge >= 0.3 is 0 Å². The third-order valence-electron chi connectivity index (χ3n) is 26.4. The van der Waals surface area contributed by atoms with E-state index < -0.39 is 21.7 Å². The van der Waals surface area contributed by atoms with Crippen molar-refractivity contribution in [2.75, 3.05) is 26.2 Å². The van der Waals surface area contributed by atoms with E-state index in [-0.39, 0.29) is 72.9 Å². The van der Waals surface area contributed by atoms with E-state index in [4.69, 9.17) is 0 Å². The zero-order chi connectivity index (χ0) is 65.5. The number of hydrogen-bond donors (Lipinski definition) is 0. The summed E-state index contributed by atoms with van der Waals surface area (Å²) in [6, 6.07) is 9.13. The Morgan fingerprint density at radius 2 is 0.634 bits per heavy atom. The summed E-state index contributed by atoms with van der Waals surface area (Å²) in [5.41, 5.74) is 4.52. The number of allylic oxidation sites excluding steroid dienone is 9.